The van der Waals surface area contributed by atoms with E-state index in [1.807, 2.05) is 60.4 Å². The molecule has 0 aliphatic carbocycles. The molecule has 0 fully saturated rings. The summed E-state index contributed by atoms with van der Waals surface area (Å²) < 4.78 is 0. The van der Waals surface area contributed by atoms with Gasteiger partial charge in [0.2, 0.25) is 6.54 Å². The van der Waals surface area contributed by atoms with Crippen molar-refractivity contribution in [3.8, 4) is 0 Å². The molecule has 0 atom stereocenters. The van der Waals surface area contributed by atoms with E-state index in [2.05, 4.69) is 36.4 Å². The smallest absolute Gasteiger partial charge is 0.204 e. The van der Waals surface area contributed by atoms with Gasteiger partial charge in [-0.1, -0.05) is 91.0 Å². The lowest BCUT2D eigenvalue weighted by Crippen LogP contribution is -2.28. The zero-order valence-electron chi connectivity index (χ0n) is 15.5. The van der Waals surface area contributed by atoms with Gasteiger partial charge in [0, 0.05) is 17.8 Å². The van der Waals surface area contributed by atoms with Crippen LogP contribution in [0.25, 0.3) is 0 Å². The Morgan fingerprint density at radius 3 is 1.54 bits per heavy atom. The summed E-state index contributed by atoms with van der Waals surface area (Å²) in [7, 11) is 0. The third-order valence-electron chi connectivity index (χ3n) is 4.59. The lowest BCUT2D eigenvalue weighted by atomic mass is 10.2. The molecule has 3 rings (SSSR count). The van der Waals surface area contributed by atoms with Gasteiger partial charge in [0.15, 0.2) is 5.78 Å². The number of nitrogens with zero attached hydrogens (tertiary/aromatic N) is 1. The summed E-state index contributed by atoms with van der Waals surface area (Å²) in [5.41, 5.74) is 0. The molecule has 0 unspecified atom stereocenters. The molecule has 142 valence electrons. The largest absolute Gasteiger partial charge is 0.295 e. The first-order valence-electron chi connectivity index (χ1n) is 9.19. The van der Waals surface area contributed by atoms with Gasteiger partial charge in [0.05, 0.1) is 0 Å². The van der Waals surface area contributed by atoms with Gasteiger partial charge in [0.25, 0.3) is 0 Å². The minimum absolute atomic E-state index is 0.0493. The standard InChI is InChI=1S/C23H22NO3P/c25-20(11-10-18-24(26)27)19-28(21-12-4-1-5-13-21,22-14-6-2-7-15-22)23-16-8-3-9-17-23/h1-9,12-17,19H,10-11,18H2. The summed E-state index contributed by atoms with van der Waals surface area (Å²) in [6.07, 6.45) is 0.427. The van der Waals surface area contributed by atoms with Crippen molar-refractivity contribution in [2.24, 2.45) is 0 Å². The van der Waals surface area contributed by atoms with Crippen molar-refractivity contribution in [1.29, 1.82) is 0 Å². The lowest BCUT2D eigenvalue weighted by Gasteiger charge is -2.28. The van der Waals surface area contributed by atoms with E-state index < -0.39 is 6.89 Å². The van der Waals surface area contributed by atoms with E-state index in [1.165, 1.54) is 0 Å². The van der Waals surface area contributed by atoms with Gasteiger partial charge in [-0.3, -0.25) is 14.9 Å². The Labute approximate surface area is 165 Å². The molecule has 28 heavy (non-hydrogen) atoms. The Balaban J connectivity index is 2.21. The highest BCUT2D eigenvalue weighted by Crippen LogP contribution is 2.43. The second-order valence-corrected chi connectivity index (χ2v) is 9.74. The minimum Gasteiger partial charge on any atom is -0.295 e. The second kappa shape index (κ2) is 9.29. The molecule has 0 aliphatic rings. The summed E-state index contributed by atoms with van der Waals surface area (Å²) in [4.78, 5) is 23.2. The molecule has 0 saturated carbocycles. The fraction of sp³-hybridized carbons (Fsp3) is 0.130. The number of carbonyl (C=O) groups excluding carboxylic acids is 1. The average Bonchev–Trinajstić information content (AvgIpc) is 2.74. The van der Waals surface area contributed by atoms with Crippen LogP contribution in [0, 0.1) is 10.1 Å². The fourth-order valence-corrected chi connectivity index (χ4v) is 7.15. The van der Waals surface area contributed by atoms with Crippen LogP contribution in [0.2, 0.25) is 0 Å². The normalized spacial score (nSPS) is 11.0. The summed E-state index contributed by atoms with van der Waals surface area (Å²) in [5.74, 6) is 1.79. The number of nitro groups is 1. The predicted molar refractivity (Wildman–Crippen MR) is 117 cm³/mol. The first kappa shape index (κ1) is 19.8. The quantitative estimate of drug-likeness (QED) is 0.336. The number of hydrogen-bond donors (Lipinski definition) is 0. The van der Waals surface area contributed by atoms with Crippen LogP contribution in [0.15, 0.2) is 91.0 Å². The Morgan fingerprint density at radius 1 is 0.786 bits per heavy atom. The van der Waals surface area contributed by atoms with Crippen molar-refractivity contribution in [2.45, 2.75) is 12.8 Å². The molecule has 3 aromatic rings. The number of ketones is 1. The predicted octanol–water partition coefficient (Wildman–Crippen LogP) is 3.41. The Kier molecular flexibility index (Phi) is 6.57. The minimum atomic E-state index is -2.32. The van der Waals surface area contributed by atoms with Crippen LogP contribution < -0.4 is 15.9 Å². The second-order valence-electron chi connectivity index (χ2n) is 6.48. The first-order chi connectivity index (χ1) is 13.6. The van der Waals surface area contributed by atoms with Gasteiger partial charge >= 0.3 is 0 Å². The van der Waals surface area contributed by atoms with E-state index in [-0.39, 0.29) is 30.1 Å². The van der Waals surface area contributed by atoms with Crippen LogP contribution in [0.1, 0.15) is 12.8 Å². The molecule has 0 heterocycles. The van der Waals surface area contributed by atoms with E-state index in [9.17, 15) is 14.9 Å². The fourth-order valence-electron chi connectivity index (χ4n) is 3.32. The molecule has 0 spiro atoms. The molecule has 0 amide bonds. The van der Waals surface area contributed by atoms with Gasteiger partial charge in [0.1, 0.15) is 0 Å². The molecule has 3 aromatic carbocycles. The molecular formula is C23H22NO3P. The van der Waals surface area contributed by atoms with Crippen molar-refractivity contribution < 1.29 is 9.72 Å². The molecule has 0 radical (unpaired) electrons. The molecule has 0 aliphatic heterocycles. The Morgan fingerprint density at radius 2 is 1.18 bits per heavy atom. The number of hydrogen-bond acceptors (Lipinski definition) is 3. The third-order valence-corrected chi connectivity index (χ3v) is 8.61. The molecule has 0 aromatic heterocycles. The van der Waals surface area contributed by atoms with Crippen molar-refractivity contribution in [3.63, 3.8) is 0 Å². The van der Waals surface area contributed by atoms with Crippen LogP contribution in [-0.2, 0) is 4.79 Å². The molecule has 0 N–H and O–H groups in total. The van der Waals surface area contributed by atoms with Crippen LogP contribution in [0.3, 0.4) is 0 Å². The van der Waals surface area contributed by atoms with Crippen molar-refractivity contribution in [1.82, 2.24) is 0 Å². The molecule has 0 saturated heterocycles. The average molecular weight is 391 g/mol. The molecule has 5 heteroatoms. The first-order valence-corrected chi connectivity index (χ1v) is 11.0. The van der Waals surface area contributed by atoms with Crippen molar-refractivity contribution in [3.05, 3.63) is 101 Å². The maximum atomic E-state index is 12.9. The molecular weight excluding hydrogens is 369 g/mol. The maximum absolute atomic E-state index is 12.9. The Bertz CT molecular complexity index is 883. The summed E-state index contributed by atoms with van der Waals surface area (Å²) in [6, 6.07) is 30.2. The topological polar surface area (TPSA) is 60.2 Å². The lowest BCUT2D eigenvalue weighted by molar-refractivity contribution is -0.480. The molecule has 0 bridgehead atoms. The van der Waals surface area contributed by atoms with Crippen molar-refractivity contribution in [2.75, 3.05) is 6.54 Å². The monoisotopic (exact) mass is 391 g/mol. The highest BCUT2D eigenvalue weighted by Gasteiger charge is 2.26. The Hall–Kier alpha value is -2.97. The van der Waals surface area contributed by atoms with E-state index in [4.69, 9.17) is 0 Å². The van der Waals surface area contributed by atoms with Gasteiger partial charge < -0.3 is 0 Å². The van der Waals surface area contributed by atoms with Crippen LogP contribution in [0.4, 0.5) is 0 Å². The van der Waals surface area contributed by atoms with Crippen LogP contribution in [0.5, 0.6) is 0 Å². The number of carbonyl (C=O) groups is 1. The van der Waals surface area contributed by atoms with Crippen LogP contribution >= 0.6 is 6.89 Å². The summed E-state index contributed by atoms with van der Waals surface area (Å²) in [5, 5.41) is 13.9. The molecule has 4 nitrogen and oxygen atoms in total. The zero-order chi connectivity index (χ0) is 19.8. The number of Topliss-reactive ketones (excluding diaryl/α,β-unsaturated/α-hetero) is 1. The van der Waals surface area contributed by atoms with Gasteiger partial charge in [-0.05, 0) is 28.6 Å². The van der Waals surface area contributed by atoms with E-state index in [0.717, 1.165) is 15.9 Å². The summed E-state index contributed by atoms with van der Waals surface area (Å²) >= 11 is 0. The highest BCUT2D eigenvalue weighted by atomic mass is 31.2. The highest BCUT2D eigenvalue weighted by molar-refractivity contribution is 7.95. The maximum Gasteiger partial charge on any atom is 0.204 e. The van der Waals surface area contributed by atoms with E-state index in [1.54, 1.807) is 0 Å². The zero-order valence-corrected chi connectivity index (χ0v) is 16.4. The SMILES string of the molecule is O=C(C=P(c1ccccc1)(c1ccccc1)c1ccccc1)CCC[N+](=O)[O-]. The van der Waals surface area contributed by atoms with E-state index in [0.29, 0.717) is 0 Å². The van der Waals surface area contributed by atoms with Gasteiger partial charge in [-0.2, -0.15) is 0 Å². The third kappa shape index (κ3) is 4.47. The van der Waals surface area contributed by atoms with Crippen molar-refractivity contribution >= 4 is 34.4 Å². The number of benzene rings is 3. The summed E-state index contributed by atoms with van der Waals surface area (Å²) in [6.45, 7) is -2.51. The number of rotatable bonds is 8. The van der Waals surface area contributed by atoms with Crippen LogP contribution in [-0.4, -0.2) is 23.0 Å². The van der Waals surface area contributed by atoms with Gasteiger partial charge in [-0.15, -0.1) is 0 Å². The van der Waals surface area contributed by atoms with Gasteiger partial charge in [-0.25, -0.2) is 0 Å². The van der Waals surface area contributed by atoms with E-state index >= 15 is 0 Å².